The number of aliphatic hydroxyl groups excluding tert-OH is 1. The molecule has 2 N–H and O–H groups in total. The van der Waals surface area contributed by atoms with E-state index in [9.17, 15) is 14.7 Å². The van der Waals surface area contributed by atoms with Crippen molar-refractivity contribution >= 4 is 41.4 Å². The molecular weight excluding hydrogens is 1020 g/mol. The number of ether oxygens (including phenoxy) is 6. The first-order valence-corrected chi connectivity index (χ1v) is 26.3. The van der Waals surface area contributed by atoms with E-state index >= 15 is 19.2 Å². The first-order chi connectivity index (χ1) is 38.9. The maximum absolute atomic E-state index is 17.1. The van der Waals surface area contributed by atoms with Gasteiger partial charge in [0.2, 0.25) is 11.8 Å². The van der Waals surface area contributed by atoms with Crippen LogP contribution in [-0.2, 0) is 56.6 Å². The minimum Gasteiger partial charge on any atom is -0.493 e. The third-order valence-corrected chi connectivity index (χ3v) is 15.7. The largest absolute Gasteiger partial charge is 0.493 e. The van der Waals surface area contributed by atoms with E-state index in [1.807, 2.05) is 108 Å². The van der Waals surface area contributed by atoms with Crippen molar-refractivity contribution in [2.75, 3.05) is 53.1 Å². The standard InChI is InChI=1S/C63H60N4O13/c1-38(40-19-9-6-10-20-40)64-62(74)66-48-29-28-39(18-17-26-46(58(70)77-4)59(71)78-5)34-47(48)63(61(66)73)52(57(69)65-31-30-43-35-50(75-2)51(76-3)36-44(43)37-65)54-60(72)80-55(42-23-13-8-14-24-42)53(41-21-11-7-12-22-41)67(54)56(63)45-25-15-16-27-49(45)79-33-32-68/h6-16,19-25,27-29,34-36,38,46,52-56,68H,26,30-33,37H2,1-5H3,(H,64,74)/t38-,52+,53+,54+,55-,56-,63+/m1/s1. The van der Waals surface area contributed by atoms with Gasteiger partial charge in [-0.15, -0.1) is 0 Å². The molecule has 0 aliphatic carbocycles. The Kier molecular flexibility index (Phi) is 15.7. The fourth-order valence-corrected chi connectivity index (χ4v) is 12.1. The smallest absolute Gasteiger partial charge is 0.329 e. The van der Waals surface area contributed by atoms with Crippen molar-refractivity contribution in [2.45, 2.75) is 62.0 Å². The zero-order valence-corrected chi connectivity index (χ0v) is 44.8. The number of aliphatic hydroxyl groups is 1. The first kappa shape index (κ1) is 54.4. The maximum Gasteiger partial charge on any atom is 0.329 e. The van der Waals surface area contributed by atoms with E-state index < -0.39 is 83.3 Å². The molecule has 0 bridgehead atoms. The monoisotopic (exact) mass is 1080 g/mol. The lowest BCUT2D eigenvalue weighted by Crippen LogP contribution is -2.57. The number of hydrogen-bond donors (Lipinski definition) is 2. The molecule has 0 unspecified atom stereocenters. The predicted octanol–water partition coefficient (Wildman–Crippen LogP) is 7.50. The Morgan fingerprint density at radius 2 is 1.38 bits per heavy atom. The van der Waals surface area contributed by atoms with Crippen LogP contribution in [0.15, 0.2) is 146 Å². The van der Waals surface area contributed by atoms with Crippen molar-refractivity contribution in [3.05, 3.63) is 190 Å². The van der Waals surface area contributed by atoms with Gasteiger partial charge in [0.05, 0.1) is 64.8 Å². The van der Waals surface area contributed by atoms with Crippen molar-refractivity contribution in [1.29, 1.82) is 0 Å². The summed E-state index contributed by atoms with van der Waals surface area (Å²) in [6.45, 7) is 1.48. The number of imide groups is 1. The molecule has 6 aromatic rings. The van der Waals surface area contributed by atoms with Crippen LogP contribution >= 0.6 is 0 Å². The van der Waals surface area contributed by atoms with Crippen LogP contribution < -0.4 is 24.4 Å². The van der Waals surface area contributed by atoms with Crippen molar-refractivity contribution in [1.82, 2.24) is 15.1 Å². The van der Waals surface area contributed by atoms with Crippen LogP contribution in [0.25, 0.3) is 0 Å². The average molecular weight is 1080 g/mol. The van der Waals surface area contributed by atoms with E-state index in [2.05, 4.69) is 17.2 Å². The molecule has 4 heterocycles. The lowest BCUT2D eigenvalue weighted by atomic mass is 9.64. The topological polar surface area (TPSA) is 200 Å². The quantitative estimate of drug-likeness (QED) is 0.0470. The maximum atomic E-state index is 17.1. The highest BCUT2D eigenvalue weighted by Crippen LogP contribution is 2.67. The van der Waals surface area contributed by atoms with Crippen LogP contribution in [0.1, 0.15) is 82.1 Å². The van der Waals surface area contributed by atoms with Crippen molar-refractivity contribution < 1.29 is 62.3 Å². The summed E-state index contributed by atoms with van der Waals surface area (Å²) in [5.41, 5.74) is 2.49. The van der Waals surface area contributed by atoms with Crippen LogP contribution in [0.2, 0.25) is 0 Å². The number of cyclic esters (lactones) is 1. The van der Waals surface area contributed by atoms with Gasteiger partial charge in [0.1, 0.15) is 29.9 Å². The van der Waals surface area contributed by atoms with Crippen LogP contribution in [0.4, 0.5) is 10.5 Å². The van der Waals surface area contributed by atoms with Gasteiger partial charge in [0.15, 0.2) is 17.4 Å². The van der Waals surface area contributed by atoms with Crippen LogP contribution in [-0.4, -0.2) is 105 Å². The highest BCUT2D eigenvalue weighted by molar-refractivity contribution is 6.25. The third kappa shape index (κ3) is 9.64. The SMILES string of the molecule is COC(=O)C(CC#Cc1ccc2c(c1)[C@]1(C(=O)N2C(=O)N[C@H](C)c2ccccc2)[C@H](C(=O)N2CCc3cc(OC)c(OC)cc3C2)[C@H]2C(=O)O[C@H](c3ccccc3)[C@H](c3ccccc3)N2[C@@H]1c1ccccc1OCCO)C(=O)OC. The summed E-state index contributed by atoms with van der Waals surface area (Å²) in [6, 6.07) is 38.2. The molecule has 4 amide bonds. The van der Waals surface area contributed by atoms with Crippen LogP contribution in [0, 0.1) is 23.7 Å². The van der Waals surface area contributed by atoms with Crippen molar-refractivity contribution in [3.63, 3.8) is 0 Å². The van der Waals surface area contributed by atoms with Gasteiger partial charge in [0, 0.05) is 30.6 Å². The number of methoxy groups -OCH3 is 4. The summed E-state index contributed by atoms with van der Waals surface area (Å²) >= 11 is 0. The normalized spacial score (nSPS) is 21.3. The molecule has 0 aromatic heterocycles. The number of morpholine rings is 1. The second kappa shape index (κ2) is 23.2. The van der Waals surface area contributed by atoms with Crippen LogP contribution in [0.5, 0.6) is 17.2 Å². The number of para-hydroxylation sites is 1. The van der Waals surface area contributed by atoms with Gasteiger partial charge in [-0.3, -0.25) is 28.9 Å². The number of nitrogens with one attached hydrogen (secondary N) is 1. The molecule has 10 rings (SSSR count). The number of fused-ring (bicyclic) bond motifs is 4. The summed E-state index contributed by atoms with van der Waals surface area (Å²) < 4.78 is 34.3. The highest BCUT2D eigenvalue weighted by atomic mass is 16.6. The molecule has 4 aliphatic heterocycles. The second-order valence-corrected chi connectivity index (χ2v) is 19.9. The molecule has 6 aromatic carbocycles. The molecule has 2 saturated heterocycles. The van der Waals surface area contributed by atoms with Gasteiger partial charge in [-0.05, 0) is 83.1 Å². The Bertz CT molecular complexity index is 3390. The Labute approximate surface area is 463 Å². The fraction of sp³-hybridized carbons (Fsp3) is 0.302. The summed E-state index contributed by atoms with van der Waals surface area (Å²) in [5.74, 6) is 0.320. The molecule has 17 heteroatoms. The number of anilines is 1. The molecule has 0 saturated carbocycles. The summed E-state index contributed by atoms with van der Waals surface area (Å²) in [5, 5.41) is 13.3. The average Bonchev–Trinajstić information content (AvgIpc) is 4.15. The minimum absolute atomic E-state index is 0.0470. The van der Waals surface area contributed by atoms with Gasteiger partial charge in [0.25, 0.3) is 0 Å². The van der Waals surface area contributed by atoms with Gasteiger partial charge in [-0.2, -0.15) is 0 Å². The van der Waals surface area contributed by atoms with Gasteiger partial charge < -0.3 is 43.7 Å². The number of rotatable bonds is 14. The minimum atomic E-state index is -2.21. The van der Waals surface area contributed by atoms with Gasteiger partial charge in [-0.25, -0.2) is 9.69 Å². The molecule has 17 nitrogen and oxygen atoms in total. The molecule has 0 radical (unpaired) electrons. The van der Waals surface area contributed by atoms with E-state index in [-0.39, 0.29) is 55.3 Å². The fourth-order valence-electron chi connectivity index (χ4n) is 12.1. The number of hydrogen-bond acceptors (Lipinski definition) is 14. The molecule has 2 fully saturated rings. The molecule has 410 valence electrons. The molecule has 80 heavy (non-hydrogen) atoms. The van der Waals surface area contributed by atoms with E-state index in [1.165, 1.54) is 7.11 Å². The van der Waals surface area contributed by atoms with Crippen molar-refractivity contribution in [3.8, 4) is 29.1 Å². The van der Waals surface area contributed by atoms with Crippen molar-refractivity contribution in [2.24, 2.45) is 11.8 Å². The Morgan fingerprint density at radius 1 is 0.750 bits per heavy atom. The first-order valence-electron chi connectivity index (χ1n) is 26.3. The molecule has 4 aliphatic rings. The molecular formula is C63H60N4O13. The predicted molar refractivity (Wildman–Crippen MR) is 292 cm³/mol. The van der Waals surface area contributed by atoms with Gasteiger partial charge in [-0.1, -0.05) is 121 Å². The summed E-state index contributed by atoms with van der Waals surface area (Å²) in [6.07, 6.45) is -0.944. The Hall–Kier alpha value is -8.98. The molecule has 7 atom stereocenters. The van der Waals surface area contributed by atoms with E-state index in [0.717, 1.165) is 35.8 Å². The Balaban J connectivity index is 1.27. The zero-order valence-electron chi connectivity index (χ0n) is 44.8. The number of nitrogens with zero attached hydrogens (tertiary/aromatic N) is 3. The number of amides is 4. The van der Waals surface area contributed by atoms with Crippen LogP contribution in [0.3, 0.4) is 0 Å². The third-order valence-electron chi connectivity index (χ3n) is 15.7. The lowest BCUT2D eigenvalue weighted by molar-refractivity contribution is -0.179. The molecule has 1 spiro atoms. The number of carbonyl (C=O) groups is 6. The Morgan fingerprint density at radius 3 is 2.02 bits per heavy atom. The number of esters is 3. The second-order valence-electron chi connectivity index (χ2n) is 19.9. The summed E-state index contributed by atoms with van der Waals surface area (Å²) in [4.78, 5) is 95.5. The summed E-state index contributed by atoms with van der Waals surface area (Å²) in [7, 11) is 5.37. The van der Waals surface area contributed by atoms with E-state index in [0.29, 0.717) is 34.6 Å². The number of benzene rings is 6. The number of carbonyl (C=O) groups excluding carboxylic acids is 6. The number of urea groups is 1. The van der Waals surface area contributed by atoms with E-state index in [1.54, 1.807) is 61.4 Å². The van der Waals surface area contributed by atoms with Gasteiger partial charge >= 0.3 is 23.9 Å². The lowest BCUT2D eigenvalue weighted by Gasteiger charge is -2.46. The van der Waals surface area contributed by atoms with E-state index in [4.69, 9.17) is 28.4 Å². The zero-order chi connectivity index (χ0) is 56.2. The highest BCUT2D eigenvalue weighted by Gasteiger charge is 2.76.